The van der Waals surface area contributed by atoms with Gasteiger partial charge in [0.2, 0.25) is 5.91 Å². The summed E-state index contributed by atoms with van der Waals surface area (Å²) in [6.45, 7) is 3.35. The molecule has 2 fully saturated rings. The van der Waals surface area contributed by atoms with Crippen molar-refractivity contribution >= 4 is 29.2 Å². The highest BCUT2D eigenvalue weighted by atomic mass is 32.1. The molecule has 30 heavy (non-hydrogen) atoms. The Morgan fingerprint density at radius 2 is 1.87 bits per heavy atom. The molecule has 1 aromatic heterocycles. The first kappa shape index (κ1) is 20.6. The van der Waals surface area contributed by atoms with Gasteiger partial charge in [-0.05, 0) is 56.7 Å². The van der Waals surface area contributed by atoms with Gasteiger partial charge in [0, 0.05) is 22.2 Å². The number of rotatable bonds is 6. The van der Waals surface area contributed by atoms with Crippen molar-refractivity contribution in [3.05, 3.63) is 57.8 Å². The quantitative estimate of drug-likeness (QED) is 0.697. The summed E-state index contributed by atoms with van der Waals surface area (Å²) < 4.78 is 0. The predicted octanol–water partition coefficient (Wildman–Crippen LogP) is 3.40. The Kier molecular flexibility index (Phi) is 5.90. The molecule has 1 aromatic carbocycles. The minimum atomic E-state index is -0.826. The number of hydrogen-bond donors (Lipinski definition) is 2. The topological polar surface area (TPSA) is 78.5 Å². The van der Waals surface area contributed by atoms with Crippen LogP contribution in [0.4, 0.5) is 4.79 Å². The molecule has 0 bridgehead atoms. The molecule has 2 aromatic rings. The maximum absolute atomic E-state index is 13.4. The molecule has 1 saturated heterocycles. The molecule has 2 N–H and O–H groups in total. The summed E-state index contributed by atoms with van der Waals surface area (Å²) in [4.78, 5) is 41.6. The lowest BCUT2D eigenvalue weighted by Crippen LogP contribution is -2.51. The van der Waals surface area contributed by atoms with E-state index in [4.69, 9.17) is 0 Å². The van der Waals surface area contributed by atoms with Crippen molar-refractivity contribution < 1.29 is 14.4 Å². The number of benzene rings is 1. The second kappa shape index (κ2) is 8.60. The van der Waals surface area contributed by atoms with Gasteiger partial charge in [0.15, 0.2) is 0 Å². The Hall–Kier alpha value is -2.67. The largest absolute Gasteiger partial charge is 0.337 e. The summed E-state index contributed by atoms with van der Waals surface area (Å²) in [6, 6.07) is 14.0. The van der Waals surface area contributed by atoms with Crippen molar-refractivity contribution in [3.63, 3.8) is 0 Å². The van der Waals surface area contributed by atoms with E-state index in [2.05, 4.69) is 41.8 Å². The van der Waals surface area contributed by atoms with Crippen LogP contribution in [-0.4, -0.2) is 34.8 Å². The molecule has 0 radical (unpaired) electrons. The molecule has 0 unspecified atom stereocenters. The van der Waals surface area contributed by atoms with E-state index < -0.39 is 11.6 Å². The molecule has 1 spiro atoms. The molecule has 0 atom stereocenters. The van der Waals surface area contributed by atoms with E-state index in [0.29, 0.717) is 38.8 Å². The third-order valence-electron chi connectivity index (χ3n) is 6.17. The Morgan fingerprint density at radius 3 is 2.47 bits per heavy atom. The first-order valence-electron chi connectivity index (χ1n) is 10.5. The molecule has 1 aliphatic carbocycles. The maximum atomic E-state index is 13.4. The number of imide groups is 1. The summed E-state index contributed by atoms with van der Waals surface area (Å²) in [6.07, 6.45) is 3.04. The Balaban J connectivity index is 1.43. The summed E-state index contributed by atoms with van der Waals surface area (Å²) in [5, 5.41) is 5.11. The van der Waals surface area contributed by atoms with Crippen LogP contribution >= 0.6 is 11.3 Å². The number of nitrogens with one attached hydrogen (secondary N) is 2. The molecule has 1 saturated carbocycles. The van der Waals surface area contributed by atoms with Gasteiger partial charge in [-0.25, -0.2) is 4.79 Å². The molecular weight excluding hydrogens is 398 g/mol. The van der Waals surface area contributed by atoms with Gasteiger partial charge in [-0.2, -0.15) is 0 Å². The van der Waals surface area contributed by atoms with Crippen LogP contribution in [0, 0.1) is 12.8 Å². The maximum Gasteiger partial charge on any atom is 0.322 e. The monoisotopic (exact) mass is 425 g/mol. The van der Waals surface area contributed by atoms with E-state index in [1.54, 1.807) is 11.3 Å². The van der Waals surface area contributed by atoms with Gasteiger partial charge < -0.3 is 10.2 Å². The van der Waals surface area contributed by atoms with Crippen LogP contribution in [0.2, 0.25) is 0 Å². The van der Waals surface area contributed by atoms with Crippen LogP contribution in [0.3, 0.4) is 0 Å². The van der Waals surface area contributed by atoms with Gasteiger partial charge in [-0.3, -0.25) is 14.9 Å². The van der Waals surface area contributed by atoms with Crippen molar-refractivity contribution in [2.75, 3.05) is 6.54 Å². The number of hydrogen-bond acceptors (Lipinski definition) is 4. The number of aryl methyl sites for hydroxylation is 1. The second-order valence-electron chi connectivity index (χ2n) is 8.27. The number of amides is 4. The number of carbonyl (C=O) groups excluding carboxylic acids is 3. The minimum Gasteiger partial charge on any atom is -0.337 e. The van der Waals surface area contributed by atoms with Crippen molar-refractivity contribution in [1.29, 1.82) is 0 Å². The van der Waals surface area contributed by atoms with Crippen molar-refractivity contribution in [2.24, 2.45) is 5.92 Å². The molecule has 2 aliphatic rings. The second-order valence-corrected chi connectivity index (χ2v) is 9.64. The van der Waals surface area contributed by atoms with E-state index >= 15 is 0 Å². The fraction of sp³-hybridized carbons (Fsp3) is 0.435. The molecule has 4 rings (SSSR count). The van der Waals surface area contributed by atoms with Gasteiger partial charge in [0.1, 0.15) is 5.54 Å². The predicted molar refractivity (Wildman–Crippen MR) is 116 cm³/mol. The average molecular weight is 426 g/mol. The summed E-state index contributed by atoms with van der Waals surface area (Å²) in [5.74, 6) is -0.220. The number of urea groups is 1. The molecule has 4 amide bonds. The zero-order valence-corrected chi connectivity index (χ0v) is 18.0. The fourth-order valence-corrected chi connectivity index (χ4v) is 5.34. The molecule has 6 nitrogen and oxygen atoms in total. The van der Waals surface area contributed by atoms with Crippen LogP contribution in [0.1, 0.15) is 41.0 Å². The van der Waals surface area contributed by atoms with Gasteiger partial charge >= 0.3 is 6.03 Å². The molecule has 2 heterocycles. The Labute approximate surface area is 180 Å². The van der Waals surface area contributed by atoms with Crippen molar-refractivity contribution in [3.8, 4) is 0 Å². The van der Waals surface area contributed by atoms with Gasteiger partial charge in [-0.1, -0.05) is 30.3 Å². The van der Waals surface area contributed by atoms with E-state index in [1.165, 1.54) is 15.3 Å². The highest BCUT2D eigenvalue weighted by Gasteiger charge is 2.49. The Bertz CT molecular complexity index is 932. The van der Waals surface area contributed by atoms with Crippen LogP contribution < -0.4 is 10.6 Å². The fourth-order valence-electron chi connectivity index (χ4n) is 4.43. The SMILES string of the molecule is Cc1ccc(CN(CCc2ccccc2)C(=O)C2CCC3(CC2)NC(=O)NC3=O)s1. The lowest BCUT2D eigenvalue weighted by atomic mass is 9.76. The highest BCUT2D eigenvalue weighted by Crippen LogP contribution is 2.35. The van der Waals surface area contributed by atoms with Crippen molar-refractivity contribution in [1.82, 2.24) is 15.5 Å². The van der Waals surface area contributed by atoms with Crippen LogP contribution in [0.25, 0.3) is 0 Å². The lowest BCUT2D eigenvalue weighted by Gasteiger charge is -2.36. The number of thiophene rings is 1. The van der Waals surface area contributed by atoms with E-state index in [1.807, 2.05) is 23.1 Å². The zero-order valence-electron chi connectivity index (χ0n) is 17.1. The van der Waals surface area contributed by atoms with Gasteiger partial charge in [0.25, 0.3) is 5.91 Å². The average Bonchev–Trinajstić information content (AvgIpc) is 3.27. The van der Waals surface area contributed by atoms with Crippen LogP contribution in [-0.2, 0) is 22.6 Å². The van der Waals surface area contributed by atoms with Gasteiger partial charge in [-0.15, -0.1) is 11.3 Å². The zero-order chi connectivity index (χ0) is 21.1. The number of carbonyl (C=O) groups is 3. The Morgan fingerprint density at radius 1 is 1.13 bits per heavy atom. The number of nitrogens with zero attached hydrogens (tertiary/aromatic N) is 1. The van der Waals surface area contributed by atoms with E-state index in [9.17, 15) is 14.4 Å². The highest BCUT2D eigenvalue weighted by molar-refractivity contribution is 7.11. The summed E-state index contributed by atoms with van der Waals surface area (Å²) >= 11 is 1.72. The molecule has 1 aliphatic heterocycles. The minimum absolute atomic E-state index is 0.113. The molecule has 7 heteroatoms. The summed E-state index contributed by atoms with van der Waals surface area (Å²) in [7, 11) is 0. The van der Waals surface area contributed by atoms with Gasteiger partial charge in [0.05, 0.1) is 6.54 Å². The smallest absolute Gasteiger partial charge is 0.322 e. The lowest BCUT2D eigenvalue weighted by molar-refractivity contribution is -0.139. The molecule has 158 valence electrons. The standard InChI is InChI=1S/C23H27N3O3S/c1-16-7-8-19(30-16)15-26(14-11-17-5-3-2-4-6-17)20(27)18-9-12-23(13-10-18)21(28)24-22(29)25-23/h2-8,18H,9-15H2,1H3,(H2,24,25,28,29). The third-order valence-corrected chi connectivity index (χ3v) is 7.16. The first-order chi connectivity index (χ1) is 14.4. The van der Waals surface area contributed by atoms with Crippen molar-refractivity contribution in [2.45, 2.75) is 51.1 Å². The normalized spacial score (nSPS) is 23.3. The van der Waals surface area contributed by atoms with E-state index in [0.717, 1.165) is 6.42 Å². The van der Waals surface area contributed by atoms with Crippen LogP contribution in [0.5, 0.6) is 0 Å². The molecular formula is C23H27N3O3S. The van der Waals surface area contributed by atoms with E-state index in [-0.39, 0.29) is 17.7 Å². The third kappa shape index (κ3) is 4.41. The first-order valence-corrected chi connectivity index (χ1v) is 11.3. The summed E-state index contributed by atoms with van der Waals surface area (Å²) in [5.41, 5.74) is 0.388. The van der Waals surface area contributed by atoms with Crippen LogP contribution in [0.15, 0.2) is 42.5 Å².